The van der Waals surface area contributed by atoms with E-state index >= 15 is 0 Å². The van der Waals surface area contributed by atoms with Crippen LogP contribution in [-0.4, -0.2) is 41.9 Å². The fraction of sp³-hybridized carbons (Fsp3) is 0.476. The summed E-state index contributed by atoms with van der Waals surface area (Å²) in [6.45, 7) is 5.20. The minimum atomic E-state index is 0. The van der Waals surface area contributed by atoms with Gasteiger partial charge in [0, 0.05) is 43.3 Å². The number of benzene rings is 1. The highest BCUT2D eigenvalue weighted by atomic mass is 127. The van der Waals surface area contributed by atoms with Crippen molar-refractivity contribution in [1.29, 1.82) is 0 Å². The third-order valence-corrected chi connectivity index (χ3v) is 6.03. The van der Waals surface area contributed by atoms with Crippen LogP contribution in [0.15, 0.2) is 35.5 Å². The highest BCUT2D eigenvalue weighted by molar-refractivity contribution is 14.0. The summed E-state index contributed by atoms with van der Waals surface area (Å²) in [5.74, 6) is 0.883. The van der Waals surface area contributed by atoms with E-state index in [0.29, 0.717) is 13.1 Å². The Morgan fingerprint density at radius 1 is 1.14 bits per heavy atom. The summed E-state index contributed by atoms with van der Waals surface area (Å²) < 4.78 is 0. The maximum absolute atomic E-state index is 12.5. The van der Waals surface area contributed by atoms with Gasteiger partial charge in [-0.1, -0.05) is 19.1 Å². The molecule has 158 valence electrons. The number of aromatic nitrogens is 1. The smallest absolute Gasteiger partial charge is 0.253 e. The zero-order valence-electron chi connectivity index (χ0n) is 17.1. The number of amides is 1. The van der Waals surface area contributed by atoms with Crippen LogP contribution in [0, 0.1) is 0 Å². The first-order chi connectivity index (χ1) is 13.7. The van der Waals surface area contributed by atoms with Crippen molar-refractivity contribution in [3.63, 3.8) is 0 Å². The van der Waals surface area contributed by atoms with E-state index in [-0.39, 0.29) is 29.9 Å². The lowest BCUT2D eigenvalue weighted by Gasteiger charge is -2.26. The van der Waals surface area contributed by atoms with Crippen LogP contribution in [0.4, 0.5) is 0 Å². The van der Waals surface area contributed by atoms with Crippen molar-refractivity contribution >= 4 is 47.2 Å². The van der Waals surface area contributed by atoms with Gasteiger partial charge in [-0.2, -0.15) is 0 Å². The fourth-order valence-corrected chi connectivity index (χ4v) is 4.01. The van der Waals surface area contributed by atoms with E-state index in [4.69, 9.17) is 0 Å². The Kier molecular flexibility index (Phi) is 9.86. The highest BCUT2D eigenvalue weighted by Gasteiger charge is 2.17. The van der Waals surface area contributed by atoms with Crippen molar-refractivity contribution < 1.29 is 4.79 Å². The summed E-state index contributed by atoms with van der Waals surface area (Å²) in [4.78, 5) is 24.5. The topological polar surface area (TPSA) is 69.6 Å². The van der Waals surface area contributed by atoms with E-state index < -0.39 is 0 Å². The van der Waals surface area contributed by atoms with E-state index in [1.165, 1.54) is 11.3 Å². The van der Waals surface area contributed by atoms with E-state index in [9.17, 15) is 4.79 Å². The summed E-state index contributed by atoms with van der Waals surface area (Å²) >= 11 is 1.72. The lowest BCUT2D eigenvalue weighted by Crippen LogP contribution is -2.36. The van der Waals surface area contributed by atoms with Gasteiger partial charge in [0.05, 0.1) is 6.54 Å². The molecule has 8 heteroatoms. The van der Waals surface area contributed by atoms with E-state index in [1.54, 1.807) is 18.4 Å². The Morgan fingerprint density at radius 2 is 1.83 bits per heavy atom. The lowest BCUT2D eigenvalue weighted by atomic mass is 10.1. The van der Waals surface area contributed by atoms with Crippen LogP contribution >= 0.6 is 35.3 Å². The number of carbonyl (C=O) groups excluding carboxylic acids is 1. The molecule has 1 aromatic carbocycles. The summed E-state index contributed by atoms with van der Waals surface area (Å²) in [7, 11) is 1.76. The maximum Gasteiger partial charge on any atom is 0.253 e. The van der Waals surface area contributed by atoms with Gasteiger partial charge in [-0.05, 0) is 43.4 Å². The van der Waals surface area contributed by atoms with Crippen LogP contribution in [0.1, 0.15) is 52.0 Å². The molecule has 1 saturated heterocycles. The fourth-order valence-electron chi connectivity index (χ4n) is 3.20. The standard InChI is InChI=1S/C21H29N5OS.HI/c1-3-18-14-23-19(28-18)15-25-21(22-2)24-13-16-7-9-17(10-8-16)20(27)26-11-5-4-6-12-26;/h7-10,14H,3-6,11-13,15H2,1-2H3,(H2,22,24,25);1H. The monoisotopic (exact) mass is 527 g/mol. The van der Waals surface area contributed by atoms with Crippen LogP contribution in [0.2, 0.25) is 0 Å². The van der Waals surface area contributed by atoms with Crippen molar-refractivity contribution in [2.24, 2.45) is 4.99 Å². The molecule has 1 fully saturated rings. The third-order valence-electron chi connectivity index (χ3n) is 4.88. The molecule has 1 aliphatic heterocycles. The molecule has 0 saturated carbocycles. The van der Waals surface area contributed by atoms with E-state index in [1.807, 2.05) is 35.4 Å². The van der Waals surface area contributed by atoms with Gasteiger partial charge in [0.15, 0.2) is 5.96 Å². The molecule has 0 aliphatic carbocycles. The molecule has 1 amide bonds. The van der Waals surface area contributed by atoms with E-state index in [2.05, 4.69) is 27.5 Å². The molecular weight excluding hydrogens is 497 g/mol. The zero-order chi connectivity index (χ0) is 19.8. The number of nitrogens with zero attached hydrogens (tertiary/aromatic N) is 3. The Morgan fingerprint density at radius 3 is 2.45 bits per heavy atom. The second-order valence-corrected chi connectivity index (χ2v) is 8.10. The normalized spacial score (nSPS) is 14.3. The Hall–Kier alpha value is -1.68. The van der Waals surface area contributed by atoms with Gasteiger partial charge in [-0.25, -0.2) is 4.98 Å². The lowest BCUT2D eigenvalue weighted by molar-refractivity contribution is 0.0724. The number of carbonyl (C=O) groups is 1. The Bertz CT molecular complexity index is 800. The number of halogens is 1. The predicted octanol–water partition coefficient (Wildman–Crippen LogP) is 3.81. The second-order valence-electron chi connectivity index (χ2n) is 6.90. The summed E-state index contributed by atoms with van der Waals surface area (Å²) in [6.07, 6.45) is 6.40. The van der Waals surface area contributed by atoms with Crippen LogP contribution in [0.3, 0.4) is 0 Å². The first-order valence-electron chi connectivity index (χ1n) is 9.96. The number of aliphatic imine (C=N–C) groups is 1. The average Bonchev–Trinajstić information content (AvgIpc) is 3.22. The van der Waals surface area contributed by atoms with Crippen LogP contribution in [0.5, 0.6) is 0 Å². The molecule has 1 aromatic heterocycles. The number of nitrogens with one attached hydrogen (secondary N) is 2. The molecule has 0 spiro atoms. The van der Waals surface area contributed by atoms with Gasteiger partial charge >= 0.3 is 0 Å². The molecule has 2 heterocycles. The molecule has 2 N–H and O–H groups in total. The molecule has 0 atom stereocenters. The first kappa shape index (κ1) is 23.6. The number of piperidine rings is 1. The van der Waals surface area contributed by atoms with Gasteiger partial charge in [0.2, 0.25) is 0 Å². The largest absolute Gasteiger partial charge is 0.352 e. The van der Waals surface area contributed by atoms with Crippen LogP contribution in [-0.2, 0) is 19.5 Å². The van der Waals surface area contributed by atoms with Crippen molar-refractivity contribution in [2.45, 2.75) is 45.7 Å². The number of likely N-dealkylation sites (tertiary alicyclic amines) is 1. The minimum Gasteiger partial charge on any atom is -0.352 e. The molecule has 29 heavy (non-hydrogen) atoms. The summed E-state index contributed by atoms with van der Waals surface area (Å²) in [5.41, 5.74) is 1.88. The molecule has 6 nitrogen and oxygen atoms in total. The maximum atomic E-state index is 12.5. The van der Waals surface area contributed by atoms with Gasteiger partial charge in [0.1, 0.15) is 5.01 Å². The summed E-state index contributed by atoms with van der Waals surface area (Å²) in [6, 6.07) is 7.86. The number of rotatable bonds is 6. The average molecular weight is 527 g/mol. The number of hydrogen-bond acceptors (Lipinski definition) is 4. The SMILES string of the molecule is CCc1cnc(CNC(=NC)NCc2ccc(C(=O)N3CCCCC3)cc2)s1.I. The minimum absolute atomic E-state index is 0. The number of aryl methyl sites for hydroxylation is 1. The molecule has 0 radical (unpaired) electrons. The van der Waals surface area contributed by atoms with Crippen molar-refractivity contribution in [3.05, 3.63) is 51.5 Å². The molecule has 0 unspecified atom stereocenters. The highest BCUT2D eigenvalue weighted by Crippen LogP contribution is 2.14. The molecule has 0 bridgehead atoms. The first-order valence-corrected chi connectivity index (χ1v) is 10.8. The van der Waals surface area contributed by atoms with Gasteiger partial charge < -0.3 is 15.5 Å². The number of thiazole rings is 1. The molecular formula is C21H30IN5OS. The number of hydrogen-bond donors (Lipinski definition) is 2. The van der Waals surface area contributed by atoms with Gasteiger partial charge in [-0.3, -0.25) is 9.79 Å². The zero-order valence-corrected chi connectivity index (χ0v) is 20.3. The Labute approximate surface area is 194 Å². The number of guanidine groups is 1. The van der Waals surface area contributed by atoms with E-state index in [0.717, 1.165) is 54.4 Å². The second kappa shape index (κ2) is 12.1. The van der Waals surface area contributed by atoms with Crippen LogP contribution in [0.25, 0.3) is 0 Å². The molecule has 1 aliphatic rings. The van der Waals surface area contributed by atoms with Gasteiger partial charge in [0.25, 0.3) is 5.91 Å². The summed E-state index contributed by atoms with van der Waals surface area (Å²) in [5, 5.41) is 7.66. The quantitative estimate of drug-likeness (QED) is 0.341. The van der Waals surface area contributed by atoms with Crippen molar-refractivity contribution in [3.8, 4) is 0 Å². The predicted molar refractivity (Wildman–Crippen MR) is 130 cm³/mol. The molecule has 3 rings (SSSR count). The van der Waals surface area contributed by atoms with Crippen molar-refractivity contribution in [2.75, 3.05) is 20.1 Å². The Balaban J connectivity index is 0.00000300. The molecule has 2 aromatic rings. The van der Waals surface area contributed by atoms with Crippen LogP contribution < -0.4 is 10.6 Å². The van der Waals surface area contributed by atoms with Crippen molar-refractivity contribution in [1.82, 2.24) is 20.5 Å². The third kappa shape index (κ3) is 6.95. The van der Waals surface area contributed by atoms with Gasteiger partial charge in [-0.15, -0.1) is 35.3 Å².